The highest BCUT2D eigenvalue weighted by Gasteiger charge is 2.33. The van der Waals surface area contributed by atoms with Gasteiger partial charge in [0.05, 0.1) is 12.6 Å². The van der Waals surface area contributed by atoms with Crippen LogP contribution in [0.4, 0.5) is 23.5 Å². The van der Waals surface area contributed by atoms with Gasteiger partial charge in [0.2, 0.25) is 5.95 Å². The summed E-state index contributed by atoms with van der Waals surface area (Å²) in [6, 6.07) is 5.97. The molecule has 0 radical (unpaired) electrons. The summed E-state index contributed by atoms with van der Waals surface area (Å²) in [5.41, 5.74) is -0.610. The van der Waals surface area contributed by atoms with Gasteiger partial charge in [-0.15, -0.1) is 0 Å². The molecule has 1 heterocycles. The molecule has 0 aliphatic carbocycles. The van der Waals surface area contributed by atoms with E-state index >= 15 is 0 Å². The van der Waals surface area contributed by atoms with Crippen molar-refractivity contribution in [2.45, 2.75) is 12.3 Å². The second kappa shape index (κ2) is 6.27. The molecule has 0 saturated heterocycles. The summed E-state index contributed by atoms with van der Waals surface area (Å²) in [4.78, 5) is 8.48. The van der Waals surface area contributed by atoms with Crippen molar-refractivity contribution >= 4 is 5.95 Å². The summed E-state index contributed by atoms with van der Waals surface area (Å²) >= 11 is 0. The molecule has 1 unspecified atom stereocenters. The SMILES string of the molecule is CN(CC(O)c1ccc(F)cc1)c1nccc(C(F)(F)F)n1. The fraction of sp³-hybridized carbons (Fsp3) is 0.286. The Morgan fingerprint density at radius 1 is 1.18 bits per heavy atom. The molecular weight excluding hydrogens is 302 g/mol. The Balaban J connectivity index is 2.11. The average molecular weight is 315 g/mol. The largest absolute Gasteiger partial charge is 0.433 e. The van der Waals surface area contributed by atoms with Crippen molar-refractivity contribution in [3.63, 3.8) is 0 Å². The van der Waals surface area contributed by atoms with E-state index in [9.17, 15) is 22.7 Å². The van der Waals surface area contributed by atoms with Crippen molar-refractivity contribution in [1.29, 1.82) is 0 Å². The van der Waals surface area contributed by atoms with Gasteiger partial charge < -0.3 is 10.0 Å². The molecule has 22 heavy (non-hydrogen) atoms. The first-order valence-electron chi connectivity index (χ1n) is 6.32. The molecule has 1 aromatic carbocycles. The quantitative estimate of drug-likeness (QED) is 0.882. The Hall–Kier alpha value is -2.22. The first-order chi connectivity index (χ1) is 10.3. The Morgan fingerprint density at radius 2 is 1.82 bits per heavy atom. The van der Waals surface area contributed by atoms with Gasteiger partial charge in [0.15, 0.2) is 0 Å². The Morgan fingerprint density at radius 3 is 2.41 bits per heavy atom. The maximum Gasteiger partial charge on any atom is 0.433 e. The first-order valence-corrected chi connectivity index (χ1v) is 6.32. The van der Waals surface area contributed by atoms with Gasteiger partial charge in [0, 0.05) is 13.2 Å². The Labute approximate surface area is 124 Å². The number of nitrogens with zero attached hydrogens (tertiary/aromatic N) is 3. The molecule has 0 amide bonds. The number of hydrogen-bond donors (Lipinski definition) is 1. The van der Waals surface area contributed by atoms with Crippen LogP contribution in [0, 0.1) is 5.82 Å². The number of hydrogen-bond acceptors (Lipinski definition) is 4. The third-order valence-electron chi connectivity index (χ3n) is 2.98. The summed E-state index contributed by atoms with van der Waals surface area (Å²) in [7, 11) is 1.46. The van der Waals surface area contributed by atoms with Gasteiger partial charge in [-0.25, -0.2) is 14.4 Å². The van der Waals surface area contributed by atoms with Crippen LogP contribution in [0.1, 0.15) is 17.4 Å². The normalized spacial score (nSPS) is 13.0. The molecule has 1 N–H and O–H groups in total. The molecule has 2 aromatic rings. The highest BCUT2D eigenvalue weighted by Crippen LogP contribution is 2.28. The van der Waals surface area contributed by atoms with Crippen LogP contribution in [0.2, 0.25) is 0 Å². The maximum absolute atomic E-state index is 12.8. The van der Waals surface area contributed by atoms with Gasteiger partial charge in [-0.2, -0.15) is 13.2 Å². The molecule has 2 rings (SSSR count). The third-order valence-corrected chi connectivity index (χ3v) is 2.98. The lowest BCUT2D eigenvalue weighted by molar-refractivity contribution is -0.141. The number of aliphatic hydroxyl groups is 1. The van der Waals surface area contributed by atoms with E-state index in [2.05, 4.69) is 9.97 Å². The van der Waals surface area contributed by atoms with Crippen molar-refractivity contribution in [2.24, 2.45) is 0 Å². The van der Waals surface area contributed by atoms with E-state index in [1.807, 2.05) is 0 Å². The van der Waals surface area contributed by atoms with Crippen LogP contribution in [-0.2, 0) is 6.18 Å². The molecule has 0 bridgehead atoms. The number of likely N-dealkylation sites (N-methyl/N-ethyl adjacent to an activating group) is 1. The lowest BCUT2D eigenvalue weighted by Gasteiger charge is -2.21. The summed E-state index contributed by atoms with van der Waals surface area (Å²) in [6.45, 7) is -0.0348. The topological polar surface area (TPSA) is 49.2 Å². The van der Waals surface area contributed by atoms with Crippen molar-refractivity contribution in [3.8, 4) is 0 Å². The van der Waals surface area contributed by atoms with Crippen LogP contribution < -0.4 is 4.90 Å². The summed E-state index contributed by atoms with van der Waals surface area (Å²) in [5.74, 6) is -0.596. The van der Waals surface area contributed by atoms with Crippen molar-refractivity contribution in [3.05, 3.63) is 53.6 Å². The maximum atomic E-state index is 12.8. The number of halogens is 4. The molecule has 1 aromatic heterocycles. The lowest BCUT2D eigenvalue weighted by Crippen LogP contribution is -2.26. The van der Waals surface area contributed by atoms with E-state index in [-0.39, 0.29) is 12.5 Å². The minimum atomic E-state index is -4.56. The molecule has 8 heteroatoms. The Bertz CT molecular complexity index is 631. The van der Waals surface area contributed by atoms with E-state index in [1.54, 1.807) is 0 Å². The molecule has 0 spiro atoms. The minimum absolute atomic E-state index is 0.0348. The summed E-state index contributed by atoms with van der Waals surface area (Å²) in [6.07, 6.45) is -4.57. The van der Waals surface area contributed by atoms with Gasteiger partial charge >= 0.3 is 6.18 Å². The van der Waals surface area contributed by atoms with Gasteiger partial charge in [-0.3, -0.25) is 0 Å². The zero-order valence-electron chi connectivity index (χ0n) is 11.5. The zero-order valence-corrected chi connectivity index (χ0v) is 11.5. The monoisotopic (exact) mass is 315 g/mol. The number of rotatable bonds is 4. The molecule has 1 atom stereocenters. The molecule has 0 fully saturated rings. The first kappa shape index (κ1) is 16.2. The van der Waals surface area contributed by atoms with Gasteiger partial charge in [-0.1, -0.05) is 12.1 Å². The predicted molar refractivity (Wildman–Crippen MR) is 71.7 cm³/mol. The molecule has 0 aliphatic rings. The van der Waals surface area contributed by atoms with E-state index in [4.69, 9.17) is 0 Å². The van der Waals surface area contributed by atoms with Crippen LogP contribution >= 0.6 is 0 Å². The lowest BCUT2D eigenvalue weighted by atomic mass is 10.1. The van der Waals surface area contributed by atoms with E-state index in [0.717, 1.165) is 12.3 Å². The number of alkyl halides is 3. The fourth-order valence-corrected chi connectivity index (χ4v) is 1.82. The van der Waals surface area contributed by atoms with Gasteiger partial charge in [-0.05, 0) is 23.8 Å². The summed E-state index contributed by atoms with van der Waals surface area (Å²) in [5, 5.41) is 10.0. The van der Waals surface area contributed by atoms with Crippen molar-refractivity contribution < 1.29 is 22.7 Å². The second-order valence-electron chi connectivity index (χ2n) is 4.69. The number of anilines is 1. The smallest absolute Gasteiger partial charge is 0.387 e. The van der Waals surface area contributed by atoms with Crippen LogP contribution in [0.5, 0.6) is 0 Å². The molecule has 4 nitrogen and oxygen atoms in total. The molecule has 0 aliphatic heterocycles. The van der Waals surface area contributed by atoms with Gasteiger partial charge in [0.25, 0.3) is 0 Å². The van der Waals surface area contributed by atoms with E-state index in [1.165, 1.54) is 36.2 Å². The van der Waals surface area contributed by atoms with Crippen LogP contribution in [-0.4, -0.2) is 28.7 Å². The van der Waals surface area contributed by atoms with Crippen LogP contribution in [0.15, 0.2) is 36.5 Å². The van der Waals surface area contributed by atoms with Gasteiger partial charge in [0.1, 0.15) is 11.5 Å². The number of aromatic nitrogens is 2. The van der Waals surface area contributed by atoms with Crippen LogP contribution in [0.3, 0.4) is 0 Å². The van der Waals surface area contributed by atoms with E-state index < -0.39 is 23.8 Å². The summed E-state index contributed by atoms with van der Waals surface area (Å²) < 4.78 is 50.6. The molecule has 0 saturated carbocycles. The fourth-order valence-electron chi connectivity index (χ4n) is 1.82. The average Bonchev–Trinajstić information content (AvgIpc) is 2.47. The third kappa shape index (κ3) is 3.91. The highest BCUT2D eigenvalue weighted by molar-refractivity contribution is 5.31. The van der Waals surface area contributed by atoms with Crippen molar-refractivity contribution in [2.75, 3.05) is 18.5 Å². The van der Waals surface area contributed by atoms with Crippen LogP contribution in [0.25, 0.3) is 0 Å². The highest BCUT2D eigenvalue weighted by atomic mass is 19.4. The second-order valence-corrected chi connectivity index (χ2v) is 4.69. The van der Waals surface area contributed by atoms with E-state index in [0.29, 0.717) is 5.56 Å². The number of aliphatic hydroxyl groups excluding tert-OH is 1. The zero-order chi connectivity index (χ0) is 16.3. The Kier molecular flexibility index (Phi) is 4.60. The minimum Gasteiger partial charge on any atom is -0.387 e. The number of benzene rings is 1. The van der Waals surface area contributed by atoms with Crippen molar-refractivity contribution in [1.82, 2.24) is 9.97 Å². The molecular formula is C14H13F4N3O. The molecule has 118 valence electrons. The predicted octanol–water partition coefficient (Wildman–Crippen LogP) is 2.80. The standard InChI is InChI=1S/C14H13F4N3O/c1-21(8-11(22)9-2-4-10(15)5-3-9)13-19-7-6-12(20-13)14(16,17)18/h2-7,11,22H,8H2,1H3.